The fourth-order valence-electron chi connectivity index (χ4n) is 4.12. The zero-order valence-corrected chi connectivity index (χ0v) is 16.3. The molecular formula is C23H16F3N5. The summed E-state index contributed by atoms with van der Waals surface area (Å²) in [5, 5.41) is 13.8. The van der Waals surface area contributed by atoms with E-state index in [1.807, 2.05) is 11.0 Å². The van der Waals surface area contributed by atoms with E-state index in [4.69, 9.17) is 5.26 Å². The number of aromatic nitrogens is 3. The average molecular weight is 419 g/mol. The van der Waals surface area contributed by atoms with Crippen LogP contribution in [0.3, 0.4) is 0 Å². The summed E-state index contributed by atoms with van der Waals surface area (Å²) in [6, 6.07) is 12.8. The molecule has 4 aromatic rings. The predicted molar refractivity (Wildman–Crippen MR) is 109 cm³/mol. The Balaban J connectivity index is 1.58. The lowest BCUT2D eigenvalue weighted by Gasteiger charge is -2.26. The number of nitriles is 1. The first-order valence-corrected chi connectivity index (χ1v) is 9.81. The molecule has 0 N–H and O–H groups in total. The zero-order valence-electron chi connectivity index (χ0n) is 16.3. The zero-order chi connectivity index (χ0) is 21.5. The van der Waals surface area contributed by atoms with Gasteiger partial charge in [0, 0.05) is 17.7 Å². The summed E-state index contributed by atoms with van der Waals surface area (Å²) in [5.41, 5.74) is 2.02. The average Bonchev–Trinajstić information content (AvgIpc) is 3.42. The fraction of sp³-hybridized carbons (Fsp3) is 0.174. The molecule has 3 heterocycles. The van der Waals surface area contributed by atoms with Gasteiger partial charge in [0.15, 0.2) is 5.65 Å². The van der Waals surface area contributed by atoms with Crippen molar-refractivity contribution in [3.63, 3.8) is 0 Å². The molecular weight excluding hydrogens is 403 g/mol. The van der Waals surface area contributed by atoms with Gasteiger partial charge in [-0.05, 0) is 61.4 Å². The smallest absolute Gasteiger partial charge is 0.154 e. The van der Waals surface area contributed by atoms with E-state index >= 15 is 0 Å². The Morgan fingerprint density at radius 1 is 1.00 bits per heavy atom. The van der Waals surface area contributed by atoms with Crippen LogP contribution in [0, 0.1) is 28.8 Å². The van der Waals surface area contributed by atoms with Crippen LogP contribution in [0.15, 0.2) is 54.7 Å². The van der Waals surface area contributed by atoms with Crippen LogP contribution in [0.1, 0.15) is 30.0 Å². The van der Waals surface area contributed by atoms with Gasteiger partial charge >= 0.3 is 0 Å². The minimum Gasteiger partial charge on any atom is -0.348 e. The normalized spacial score (nSPS) is 16.1. The number of halogens is 3. The Bertz CT molecular complexity index is 1340. The molecule has 1 fully saturated rings. The monoisotopic (exact) mass is 419 g/mol. The number of anilines is 1. The summed E-state index contributed by atoms with van der Waals surface area (Å²) in [6.45, 7) is 0.651. The van der Waals surface area contributed by atoms with Gasteiger partial charge in [0.25, 0.3) is 0 Å². The molecule has 0 radical (unpaired) electrons. The maximum Gasteiger partial charge on any atom is 0.154 e. The number of fused-ring (bicyclic) bond motifs is 1. The van der Waals surface area contributed by atoms with Crippen LogP contribution < -0.4 is 4.90 Å². The molecule has 1 saturated heterocycles. The third-order valence-corrected chi connectivity index (χ3v) is 5.59. The lowest BCUT2D eigenvalue weighted by atomic mass is 10.0. The summed E-state index contributed by atoms with van der Waals surface area (Å²) in [5.74, 6) is -0.919. The van der Waals surface area contributed by atoms with Crippen molar-refractivity contribution in [1.29, 1.82) is 5.26 Å². The van der Waals surface area contributed by atoms with E-state index in [2.05, 4.69) is 10.1 Å². The van der Waals surface area contributed by atoms with Gasteiger partial charge in [-0.25, -0.2) is 22.7 Å². The SMILES string of the molecule is N#Cc1cc(-c2cnc3ccc(N4CCCC4c4cc(F)ccc4F)nn23)ccc1F. The topological polar surface area (TPSA) is 57.2 Å². The minimum atomic E-state index is -0.592. The van der Waals surface area contributed by atoms with E-state index in [1.54, 1.807) is 28.9 Å². The molecule has 31 heavy (non-hydrogen) atoms. The van der Waals surface area contributed by atoms with Gasteiger partial charge in [0.1, 0.15) is 29.3 Å². The standard InChI is InChI=1S/C23H16F3N5/c24-16-4-6-19(26)17(11-16)20-2-1-9-30(20)23-8-7-22-28-13-21(31(22)29-23)14-3-5-18(25)15(10-14)12-27/h3-8,10-11,13,20H,1-2,9H2. The molecule has 154 valence electrons. The van der Waals surface area contributed by atoms with Crippen LogP contribution in [0.2, 0.25) is 0 Å². The molecule has 1 atom stereocenters. The first-order chi connectivity index (χ1) is 15.0. The largest absolute Gasteiger partial charge is 0.348 e. The maximum absolute atomic E-state index is 14.4. The number of rotatable bonds is 3. The summed E-state index contributed by atoms with van der Waals surface area (Å²) >= 11 is 0. The van der Waals surface area contributed by atoms with Crippen molar-refractivity contribution in [2.45, 2.75) is 18.9 Å². The highest BCUT2D eigenvalue weighted by molar-refractivity contribution is 5.65. The molecule has 2 aromatic carbocycles. The van der Waals surface area contributed by atoms with Crippen molar-refractivity contribution < 1.29 is 13.2 Å². The molecule has 1 aliphatic heterocycles. The summed E-state index contributed by atoms with van der Waals surface area (Å²) in [4.78, 5) is 6.29. The highest BCUT2D eigenvalue weighted by atomic mass is 19.1. The van der Waals surface area contributed by atoms with Crippen molar-refractivity contribution in [3.05, 3.63) is 83.3 Å². The molecule has 2 aromatic heterocycles. The third-order valence-electron chi connectivity index (χ3n) is 5.59. The number of benzene rings is 2. The van der Waals surface area contributed by atoms with Crippen LogP contribution in [0.5, 0.6) is 0 Å². The molecule has 1 aliphatic rings. The van der Waals surface area contributed by atoms with Crippen molar-refractivity contribution in [1.82, 2.24) is 14.6 Å². The number of hydrogen-bond donors (Lipinski definition) is 0. The summed E-state index contributed by atoms with van der Waals surface area (Å²) in [7, 11) is 0. The lowest BCUT2D eigenvalue weighted by Crippen LogP contribution is -2.25. The van der Waals surface area contributed by atoms with Crippen molar-refractivity contribution >= 4 is 11.5 Å². The van der Waals surface area contributed by atoms with Gasteiger partial charge in [0.05, 0.1) is 23.5 Å². The first-order valence-electron chi connectivity index (χ1n) is 9.81. The molecule has 0 saturated carbocycles. The van der Waals surface area contributed by atoms with E-state index in [1.165, 1.54) is 18.2 Å². The Morgan fingerprint density at radius 2 is 1.84 bits per heavy atom. The molecule has 5 rings (SSSR count). The Labute approximate surface area is 176 Å². The third kappa shape index (κ3) is 3.28. The molecule has 8 heteroatoms. The number of nitrogens with zero attached hydrogens (tertiary/aromatic N) is 5. The van der Waals surface area contributed by atoms with E-state index in [0.29, 0.717) is 41.3 Å². The first kappa shape index (κ1) is 19.1. The Hall–Kier alpha value is -3.86. The highest BCUT2D eigenvalue weighted by Gasteiger charge is 2.30. The Kier molecular flexibility index (Phi) is 4.59. The minimum absolute atomic E-state index is 0.0650. The van der Waals surface area contributed by atoms with Gasteiger partial charge in [-0.15, -0.1) is 5.10 Å². The van der Waals surface area contributed by atoms with Crippen molar-refractivity contribution in [3.8, 4) is 17.3 Å². The van der Waals surface area contributed by atoms with Crippen LogP contribution in [-0.2, 0) is 0 Å². The van der Waals surface area contributed by atoms with Gasteiger partial charge in [-0.3, -0.25) is 0 Å². The molecule has 0 spiro atoms. The van der Waals surface area contributed by atoms with Gasteiger partial charge in [-0.2, -0.15) is 5.26 Å². The summed E-state index contributed by atoms with van der Waals surface area (Å²) in [6.07, 6.45) is 3.11. The van der Waals surface area contributed by atoms with Crippen LogP contribution in [-0.4, -0.2) is 21.1 Å². The quantitative estimate of drug-likeness (QED) is 0.468. The van der Waals surface area contributed by atoms with Gasteiger partial charge in [-0.1, -0.05) is 0 Å². The molecule has 0 aliphatic carbocycles. The van der Waals surface area contributed by atoms with Gasteiger partial charge in [0.2, 0.25) is 0 Å². The van der Waals surface area contributed by atoms with Crippen molar-refractivity contribution in [2.75, 3.05) is 11.4 Å². The summed E-state index contributed by atoms with van der Waals surface area (Å²) < 4.78 is 43.5. The van der Waals surface area contributed by atoms with Gasteiger partial charge < -0.3 is 4.90 Å². The Morgan fingerprint density at radius 3 is 2.68 bits per heavy atom. The van der Waals surface area contributed by atoms with E-state index in [-0.39, 0.29) is 11.6 Å². The van der Waals surface area contributed by atoms with Crippen LogP contribution in [0.4, 0.5) is 19.0 Å². The molecule has 0 amide bonds. The van der Waals surface area contributed by atoms with E-state index in [9.17, 15) is 13.2 Å². The van der Waals surface area contributed by atoms with E-state index < -0.39 is 17.5 Å². The van der Waals surface area contributed by atoms with Crippen LogP contribution in [0.25, 0.3) is 16.9 Å². The second-order valence-electron chi connectivity index (χ2n) is 7.43. The van der Waals surface area contributed by atoms with E-state index in [0.717, 1.165) is 18.6 Å². The fourth-order valence-corrected chi connectivity index (χ4v) is 4.12. The predicted octanol–water partition coefficient (Wildman–Crippen LogP) is 5.03. The lowest BCUT2D eigenvalue weighted by molar-refractivity contribution is 0.559. The number of imidazole rings is 1. The van der Waals surface area contributed by atoms with Crippen LogP contribution >= 0.6 is 0 Å². The number of hydrogen-bond acceptors (Lipinski definition) is 4. The molecule has 1 unspecified atom stereocenters. The molecule has 0 bridgehead atoms. The molecule has 5 nitrogen and oxygen atoms in total. The maximum atomic E-state index is 14.4. The second-order valence-corrected chi connectivity index (χ2v) is 7.43. The van der Waals surface area contributed by atoms with Crippen molar-refractivity contribution in [2.24, 2.45) is 0 Å². The second kappa shape index (κ2) is 7.43. The highest BCUT2D eigenvalue weighted by Crippen LogP contribution is 2.37.